The van der Waals surface area contributed by atoms with Crippen LogP contribution in [0.5, 0.6) is 0 Å². The van der Waals surface area contributed by atoms with Crippen LogP contribution in [0.15, 0.2) is 24.3 Å². The Labute approximate surface area is 93.2 Å². The third kappa shape index (κ3) is 1.78. The van der Waals surface area contributed by atoms with E-state index < -0.39 is 18.0 Å². The lowest BCUT2D eigenvalue weighted by Gasteiger charge is -2.12. The van der Waals surface area contributed by atoms with Crippen molar-refractivity contribution in [2.24, 2.45) is 0 Å². The highest BCUT2D eigenvalue weighted by Crippen LogP contribution is 2.31. The molecule has 0 spiro atoms. The SMILES string of the molecule is CC(C)OC(=O)[C@H]1OC(=O)c2ccccc21. The number of cyclic esters (lactones) is 1. The van der Waals surface area contributed by atoms with E-state index in [-0.39, 0.29) is 6.10 Å². The van der Waals surface area contributed by atoms with Crippen LogP contribution in [0.3, 0.4) is 0 Å². The summed E-state index contributed by atoms with van der Waals surface area (Å²) >= 11 is 0. The summed E-state index contributed by atoms with van der Waals surface area (Å²) < 4.78 is 10.0. The van der Waals surface area contributed by atoms with Crippen molar-refractivity contribution in [3.63, 3.8) is 0 Å². The van der Waals surface area contributed by atoms with Gasteiger partial charge in [-0.2, -0.15) is 0 Å². The number of fused-ring (bicyclic) bond motifs is 1. The molecule has 1 aromatic rings. The molecule has 1 heterocycles. The molecule has 0 saturated heterocycles. The molecule has 1 atom stereocenters. The molecule has 2 rings (SSSR count). The van der Waals surface area contributed by atoms with Crippen LogP contribution in [0.25, 0.3) is 0 Å². The lowest BCUT2D eigenvalue weighted by atomic mass is 10.1. The lowest BCUT2D eigenvalue weighted by molar-refractivity contribution is -0.157. The summed E-state index contributed by atoms with van der Waals surface area (Å²) in [6.45, 7) is 3.50. The maximum Gasteiger partial charge on any atom is 0.352 e. The van der Waals surface area contributed by atoms with Crippen LogP contribution < -0.4 is 0 Å². The van der Waals surface area contributed by atoms with Gasteiger partial charge in [-0.3, -0.25) is 0 Å². The van der Waals surface area contributed by atoms with Crippen molar-refractivity contribution in [2.45, 2.75) is 26.1 Å². The van der Waals surface area contributed by atoms with Gasteiger partial charge in [-0.05, 0) is 19.9 Å². The molecule has 84 valence electrons. The van der Waals surface area contributed by atoms with Crippen molar-refractivity contribution in [1.82, 2.24) is 0 Å². The van der Waals surface area contributed by atoms with Gasteiger partial charge in [-0.25, -0.2) is 9.59 Å². The van der Waals surface area contributed by atoms with Crippen molar-refractivity contribution < 1.29 is 19.1 Å². The number of carbonyl (C=O) groups excluding carboxylic acids is 2. The smallest absolute Gasteiger partial charge is 0.352 e. The zero-order valence-electron chi connectivity index (χ0n) is 9.10. The number of esters is 2. The van der Waals surface area contributed by atoms with Gasteiger partial charge >= 0.3 is 11.9 Å². The number of hydrogen-bond acceptors (Lipinski definition) is 4. The van der Waals surface area contributed by atoms with Crippen LogP contribution in [0.2, 0.25) is 0 Å². The molecule has 0 saturated carbocycles. The number of carbonyl (C=O) groups is 2. The summed E-state index contributed by atoms with van der Waals surface area (Å²) in [5, 5.41) is 0. The van der Waals surface area contributed by atoms with Gasteiger partial charge in [-0.1, -0.05) is 18.2 Å². The van der Waals surface area contributed by atoms with Gasteiger partial charge in [0.1, 0.15) is 0 Å². The van der Waals surface area contributed by atoms with Gasteiger partial charge in [0.05, 0.1) is 11.7 Å². The highest BCUT2D eigenvalue weighted by molar-refractivity contribution is 5.98. The summed E-state index contributed by atoms with van der Waals surface area (Å²) in [4.78, 5) is 23.1. The molecular weight excluding hydrogens is 208 g/mol. The molecule has 1 aromatic carbocycles. The summed E-state index contributed by atoms with van der Waals surface area (Å²) in [6.07, 6.45) is -1.13. The Morgan fingerprint density at radius 1 is 1.38 bits per heavy atom. The average molecular weight is 220 g/mol. The summed E-state index contributed by atoms with van der Waals surface area (Å²) in [7, 11) is 0. The maximum atomic E-state index is 11.7. The molecule has 0 bridgehead atoms. The van der Waals surface area contributed by atoms with Gasteiger partial charge in [0.15, 0.2) is 0 Å². The van der Waals surface area contributed by atoms with Crippen LogP contribution >= 0.6 is 0 Å². The first-order chi connectivity index (χ1) is 7.59. The van der Waals surface area contributed by atoms with Crippen LogP contribution in [0.1, 0.15) is 35.9 Å². The molecule has 1 aliphatic heterocycles. The van der Waals surface area contributed by atoms with E-state index in [1.165, 1.54) is 0 Å². The highest BCUT2D eigenvalue weighted by atomic mass is 16.6. The van der Waals surface area contributed by atoms with E-state index in [0.29, 0.717) is 11.1 Å². The van der Waals surface area contributed by atoms with Crippen LogP contribution in [0, 0.1) is 0 Å². The highest BCUT2D eigenvalue weighted by Gasteiger charge is 2.37. The van der Waals surface area contributed by atoms with Gasteiger partial charge in [0.25, 0.3) is 0 Å². The molecule has 0 fully saturated rings. The third-order valence-electron chi connectivity index (χ3n) is 2.25. The normalized spacial score (nSPS) is 18.2. The van der Waals surface area contributed by atoms with E-state index >= 15 is 0 Å². The molecule has 1 aliphatic rings. The minimum atomic E-state index is -0.911. The van der Waals surface area contributed by atoms with Gasteiger partial charge < -0.3 is 9.47 Å². The minimum absolute atomic E-state index is 0.223. The van der Waals surface area contributed by atoms with E-state index in [4.69, 9.17) is 9.47 Å². The average Bonchev–Trinajstić information content (AvgIpc) is 2.56. The zero-order chi connectivity index (χ0) is 11.7. The summed E-state index contributed by atoms with van der Waals surface area (Å²) in [5.41, 5.74) is 1.02. The fourth-order valence-corrected chi connectivity index (χ4v) is 1.61. The predicted molar refractivity (Wildman–Crippen MR) is 55.8 cm³/mol. The molecular formula is C12H12O4. The van der Waals surface area contributed by atoms with E-state index in [9.17, 15) is 9.59 Å². The monoisotopic (exact) mass is 220 g/mol. The van der Waals surface area contributed by atoms with Crippen molar-refractivity contribution >= 4 is 11.9 Å². The number of benzene rings is 1. The molecule has 0 N–H and O–H groups in total. The zero-order valence-corrected chi connectivity index (χ0v) is 9.10. The standard InChI is InChI=1S/C12H12O4/c1-7(2)15-12(14)10-8-5-3-4-6-9(8)11(13)16-10/h3-7,10H,1-2H3/t10-/m0/s1. The fraction of sp³-hybridized carbons (Fsp3) is 0.333. The number of rotatable bonds is 2. The Morgan fingerprint density at radius 3 is 2.75 bits per heavy atom. The lowest BCUT2D eigenvalue weighted by Crippen LogP contribution is -2.19. The second kappa shape index (κ2) is 3.96. The maximum absolute atomic E-state index is 11.7. The largest absolute Gasteiger partial charge is 0.460 e. The predicted octanol–water partition coefficient (Wildman–Crippen LogP) is 1.85. The van der Waals surface area contributed by atoms with Crippen molar-refractivity contribution in [2.75, 3.05) is 0 Å². The molecule has 0 aromatic heterocycles. The fourth-order valence-electron chi connectivity index (χ4n) is 1.61. The summed E-state index contributed by atoms with van der Waals surface area (Å²) in [5.74, 6) is -0.991. The Bertz CT molecular complexity index is 436. The van der Waals surface area contributed by atoms with Crippen LogP contribution in [-0.4, -0.2) is 18.0 Å². The van der Waals surface area contributed by atoms with Crippen molar-refractivity contribution in [1.29, 1.82) is 0 Å². The molecule has 0 amide bonds. The third-order valence-corrected chi connectivity index (χ3v) is 2.25. The molecule has 16 heavy (non-hydrogen) atoms. The Morgan fingerprint density at radius 2 is 2.06 bits per heavy atom. The molecule has 0 radical (unpaired) electrons. The van der Waals surface area contributed by atoms with E-state index in [2.05, 4.69) is 0 Å². The Kier molecular flexibility index (Phi) is 2.64. The summed E-state index contributed by atoms with van der Waals surface area (Å²) in [6, 6.07) is 6.83. The van der Waals surface area contributed by atoms with E-state index in [1.54, 1.807) is 38.1 Å². The number of hydrogen-bond donors (Lipinski definition) is 0. The first kappa shape index (κ1) is 10.7. The topological polar surface area (TPSA) is 52.6 Å². The quantitative estimate of drug-likeness (QED) is 0.714. The van der Waals surface area contributed by atoms with Gasteiger partial charge in [0, 0.05) is 5.56 Å². The Balaban J connectivity index is 2.27. The van der Waals surface area contributed by atoms with Gasteiger partial charge in [-0.15, -0.1) is 0 Å². The van der Waals surface area contributed by atoms with Crippen LogP contribution in [0.4, 0.5) is 0 Å². The van der Waals surface area contributed by atoms with Crippen LogP contribution in [-0.2, 0) is 14.3 Å². The second-order valence-electron chi connectivity index (χ2n) is 3.86. The molecule has 4 heteroatoms. The molecule has 4 nitrogen and oxygen atoms in total. The van der Waals surface area contributed by atoms with Crippen molar-refractivity contribution in [3.8, 4) is 0 Å². The van der Waals surface area contributed by atoms with E-state index in [0.717, 1.165) is 0 Å². The first-order valence-corrected chi connectivity index (χ1v) is 5.10. The minimum Gasteiger partial charge on any atom is -0.460 e. The van der Waals surface area contributed by atoms with Gasteiger partial charge in [0.2, 0.25) is 6.10 Å². The first-order valence-electron chi connectivity index (χ1n) is 5.10. The second-order valence-corrected chi connectivity index (χ2v) is 3.86. The van der Waals surface area contributed by atoms with E-state index in [1.807, 2.05) is 0 Å². The van der Waals surface area contributed by atoms with Crippen molar-refractivity contribution in [3.05, 3.63) is 35.4 Å². The molecule has 0 aliphatic carbocycles. The molecule has 0 unspecified atom stereocenters. The number of ether oxygens (including phenoxy) is 2. The Hall–Kier alpha value is -1.84.